The summed E-state index contributed by atoms with van der Waals surface area (Å²) in [6, 6.07) is 0. The van der Waals surface area contributed by atoms with Crippen LogP contribution in [0.4, 0.5) is 11.8 Å². The van der Waals surface area contributed by atoms with Gasteiger partial charge in [0.1, 0.15) is 10.6 Å². The summed E-state index contributed by atoms with van der Waals surface area (Å²) in [7, 11) is 0. The molecule has 0 amide bonds. The molecule has 0 aromatic carbocycles. The lowest BCUT2D eigenvalue weighted by Crippen LogP contribution is -2.02. The van der Waals surface area contributed by atoms with E-state index < -0.39 is 0 Å². The monoisotopic (exact) mass is 220 g/mol. The second-order valence-electron chi connectivity index (χ2n) is 3.86. The Hall–Kier alpha value is -1.36. The molecule has 0 saturated heterocycles. The third-order valence-corrected chi connectivity index (χ3v) is 4.05. The molecule has 0 fully saturated rings. The molecule has 1 aliphatic carbocycles. The Morgan fingerprint density at radius 1 is 1.07 bits per heavy atom. The third kappa shape index (κ3) is 1.26. The van der Waals surface area contributed by atoms with Gasteiger partial charge in [-0.05, 0) is 31.2 Å². The molecule has 5 heteroatoms. The molecule has 0 bridgehead atoms. The lowest BCUT2D eigenvalue weighted by molar-refractivity contribution is 0.700. The van der Waals surface area contributed by atoms with Crippen LogP contribution in [0.3, 0.4) is 0 Å². The van der Waals surface area contributed by atoms with Gasteiger partial charge < -0.3 is 11.5 Å². The zero-order valence-corrected chi connectivity index (χ0v) is 9.10. The molecule has 0 aliphatic heterocycles. The highest BCUT2D eigenvalue weighted by atomic mass is 32.1. The second kappa shape index (κ2) is 3.06. The lowest BCUT2D eigenvalue weighted by Gasteiger charge is -2.10. The second-order valence-corrected chi connectivity index (χ2v) is 4.94. The number of anilines is 2. The number of fused-ring (bicyclic) bond motifs is 3. The minimum atomic E-state index is 0.276. The van der Waals surface area contributed by atoms with Crippen LogP contribution in [0.1, 0.15) is 23.3 Å². The van der Waals surface area contributed by atoms with Gasteiger partial charge in [-0.2, -0.15) is 4.98 Å². The molecule has 3 rings (SSSR count). The largest absolute Gasteiger partial charge is 0.383 e. The fourth-order valence-corrected chi connectivity index (χ4v) is 3.48. The maximum atomic E-state index is 5.90. The Morgan fingerprint density at radius 3 is 2.73 bits per heavy atom. The summed E-state index contributed by atoms with van der Waals surface area (Å²) in [5.74, 6) is 0.815. The third-order valence-electron chi connectivity index (χ3n) is 2.86. The van der Waals surface area contributed by atoms with Crippen LogP contribution in [0, 0.1) is 0 Å². The molecule has 15 heavy (non-hydrogen) atoms. The molecule has 2 heterocycles. The van der Waals surface area contributed by atoms with Gasteiger partial charge in [0.2, 0.25) is 5.95 Å². The topological polar surface area (TPSA) is 77.8 Å². The molecule has 0 spiro atoms. The van der Waals surface area contributed by atoms with E-state index in [1.807, 2.05) is 0 Å². The first kappa shape index (κ1) is 8.91. The van der Waals surface area contributed by atoms with E-state index in [1.54, 1.807) is 11.3 Å². The van der Waals surface area contributed by atoms with Crippen LogP contribution < -0.4 is 11.5 Å². The number of hydrogen-bond acceptors (Lipinski definition) is 5. The smallest absolute Gasteiger partial charge is 0.223 e. The highest BCUT2D eigenvalue weighted by molar-refractivity contribution is 7.19. The van der Waals surface area contributed by atoms with E-state index in [4.69, 9.17) is 11.5 Å². The van der Waals surface area contributed by atoms with Gasteiger partial charge in [-0.3, -0.25) is 0 Å². The first-order valence-corrected chi connectivity index (χ1v) is 5.90. The molecule has 0 saturated carbocycles. The van der Waals surface area contributed by atoms with Gasteiger partial charge in [0.05, 0.1) is 5.39 Å². The average molecular weight is 220 g/mol. The molecule has 0 radical (unpaired) electrons. The van der Waals surface area contributed by atoms with Gasteiger partial charge in [-0.25, -0.2) is 4.98 Å². The van der Waals surface area contributed by atoms with Crippen LogP contribution in [0.15, 0.2) is 0 Å². The zero-order valence-electron chi connectivity index (χ0n) is 8.29. The fraction of sp³-hybridized carbons (Fsp3) is 0.400. The summed E-state index contributed by atoms with van der Waals surface area (Å²) >= 11 is 1.72. The molecule has 78 valence electrons. The van der Waals surface area contributed by atoms with E-state index in [9.17, 15) is 0 Å². The maximum Gasteiger partial charge on any atom is 0.223 e. The van der Waals surface area contributed by atoms with Gasteiger partial charge in [0.25, 0.3) is 0 Å². The Kier molecular flexibility index (Phi) is 1.82. The predicted molar refractivity (Wildman–Crippen MR) is 62.9 cm³/mol. The maximum absolute atomic E-state index is 5.90. The Morgan fingerprint density at radius 2 is 1.87 bits per heavy atom. The minimum absolute atomic E-state index is 0.276. The van der Waals surface area contributed by atoms with Crippen molar-refractivity contribution >= 4 is 33.3 Å². The van der Waals surface area contributed by atoms with Crippen LogP contribution in [0.25, 0.3) is 10.2 Å². The SMILES string of the molecule is Nc1nc(N)c2c3c(sc2n1)CCCC3. The summed E-state index contributed by atoms with van der Waals surface area (Å²) in [5, 5.41) is 1.05. The normalized spacial score (nSPS) is 15.5. The van der Waals surface area contributed by atoms with Crippen molar-refractivity contribution in [2.75, 3.05) is 11.5 Å². The average Bonchev–Trinajstić information content (AvgIpc) is 2.54. The Balaban J connectivity index is 2.37. The summed E-state index contributed by atoms with van der Waals surface area (Å²) in [5.41, 5.74) is 12.8. The predicted octanol–water partition coefficient (Wildman–Crippen LogP) is 1.73. The van der Waals surface area contributed by atoms with Crippen molar-refractivity contribution in [1.29, 1.82) is 0 Å². The van der Waals surface area contributed by atoms with Crippen molar-refractivity contribution in [3.05, 3.63) is 10.4 Å². The van der Waals surface area contributed by atoms with E-state index in [1.165, 1.54) is 23.3 Å². The van der Waals surface area contributed by atoms with Crippen LogP contribution in [0.5, 0.6) is 0 Å². The highest BCUT2D eigenvalue weighted by Crippen LogP contribution is 2.37. The first-order chi connectivity index (χ1) is 7.25. The van der Waals surface area contributed by atoms with Gasteiger partial charge in [-0.1, -0.05) is 0 Å². The van der Waals surface area contributed by atoms with Crippen LogP contribution >= 0.6 is 11.3 Å². The standard InChI is InChI=1S/C10H12N4S/c11-8-7-5-3-1-2-4-6(5)15-9(7)14-10(12)13-8/h1-4H2,(H4,11,12,13,14). The van der Waals surface area contributed by atoms with E-state index >= 15 is 0 Å². The zero-order chi connectivity index (χ0) is 10.4. The molecule has 2 aromatic rings. The van der Waals surface area contributed by atoms with Crippen molar-refractivity contribution in [2.24, 2.45) is 0 Å². The summed E-state index contributed by atoms with van der Waals surface area (Å²) in [6.45, 7) is 0. The van der Waals surface area contributed by atoms with E-state index in [2.05, 4.69) is 9.97 Å². The number of thiophene rings is 1. The van der Waals surface area contributed by atoms with E-state index in [0.717, 1.165) is 23.1 Å². The van der Waals surface area contributed by atoms with E-state index in [-0.39, 0.29) is 5.95 Å². The number of nitrogens with zero attached hydrogens (tertiary/aromatic N) is 2. The van der Waals surface area contributed by atoms with Crippen LogP contribution in [-0.4, -0.2) is 9.97 Å². The number of hydrogen-bond donors (Lipinski definition) is 2. The van der Waals surface area contributed by atoms with Crippen molar-refractivity contribution < 1.29 is 0 Å². The van der Waals surface area contributed by atoms with Gasteiger partial charge >= 0.3 is 0 Å². The Labute approximate surface area is 91.3 Å². The Bertz CT molecular complexity index is 532. The van der Waals surface area contributed by atoms with Crippen molar-refractivity contribution in [2.45, 2.75) is 25.7 Å². The quantitative estimate of drug-likeness (QED) is 0.708. The molecule has 0 atom stereocenters. The summed E-state index contributed by atoms with van der Waals surface area (Å²) < 4.78 is 0. The number of nitrogen functional groups attached to an aromatic ring is 2. The van der Waals surface area contributed by atoms with Gasteiger partial charge in [0, 0.05) is 4.88 Å². The molecule has 0 unspecified atom stereocenters. The number of aryl methyl sites for hydroxylation is 2. The van der Waals surface area contributed by atoms with Crippen molar-refractivity contribution in [1.82, 2.24) is 9.97 Å². The highest BCUT2D eigenvalue weighted by Gasteiger charge is 2.19. The van der Waals surface area contributed by atoms with Gasteiger partial charge in [-0.15, -0.1) is 11.3 Å². The molecule has 4 nitrogen and oxygen atoms in total. The summed E-state index contributed by atoms with van der Waals surface area (Å²) in [6.07, 6.45) is 4.76. The molecular weight excluding hydrogens is 208 g/mol. The molecule has 1 aliphatic rings. The minimum Gasteiger partial charge on any atom is -0.383 e. The lowest BCUT2D eigenvalue weighted by atomic mass is 9.97. The van der Waals surface area contributed by atoms with Crippen LogP contribution in [0.2, 0.25) is 0 Å². The van der Waals surface area contributed by atoms with Crippen molar-refractivity contribution in [3.63, 3.8) is 0 Å². The number of rotatable bonds is 0. The van der Waals surface area contributed by atoms with Crippen LogP contribution in [-0.2, 0) is 12.8 Å². The van der Waals surface area contributed by atoms with Gasteiger partial charge in [0.15, 0.2) is 0 Å². The fourth-order valence-electron chi connectivity index (χ4n) is 2.20. The van der Waals surface area contributed by atoms with Crippen molar-refractivity contribution in [3.8, 4) is 0 Å². The number of aromatic nitrogens is 2. The molecule has 2 aromatic heterocycles. The first-order valence-electron chi connectivity index (χ1n) is 5.09. The summed E-state index contributed by atoms with van der Waals surface area (Å²) in [4.78, 5) is 10.7. The number of nitrogens with two attached hydrogens (primary N) is 2. The van der Waals surface area contributed by atoms with E-state index in [0.29, 0.717) is 5.82 Å². The molecular formula is C10H12N4S. The molecule has 4 N–H and O–H groups in total.